The highest BCUT2D eigenvalue weighted by Crippen LogP contribution is 2.12. The summed E-state index contributed by atoms with van der Waals surface area (Å²) in [7, 11) is 0. The van der Waals surface area contributed by atoms with Crippen LogP contribution in [0.1, 0.15) is 42.1 Å². The van der Waals surface area contributed by atoms with Crippen LogP contribution in [0.15, 0.2) is 16.2 Å². The molecule has 0 spiro atoms. The van der Waals surface area contributed by atoms with Crippen LogP contribution in [-0.2, 0) is 12.8 Å². The van der Waals surface area contributed by atoms with Gasteiger partial charge in [-0.15, -0.1) is 11.3 Å². The molecule has 124 valence electrons. The molecule has 2 rings (SSSR count). The van der Waals surface area contributed by atoms with Crippen LogP contribution in [0.5, 0.6) is 0 Å². The SMILES string of the molecule is CC(C)Cc1cc(C(=O)NCCCc2csc(N)n2)nc(=O)[nH]1. The number of nitrogens with one attached hydrogen (secondary N) is 2. The van der Waals surface area contributed by atoms with E-state index in [1.54, 1.807) is 6.07 Å². The lowest BCUT2D eigenvalue weighted by Gasteiger charge is -2.07. The van der Waals surface area contributed by atoms with Gasteiger partial charge in [-0.1, -0.05) is 13.8 Å². The second-order valence-corrected chi connectivity index (χ2v) is 6.62. The van der Waals surface area contributed by atoms with Crippen molar-refractivity contribution < 1.29 is 4.79 Å². The average molecular weight is 335 g/mol. The number of hydrogen-bond donors (Lipinski definition) is 3. The molecule has 0 aliphatic rings. The molecule has 2 heterocycles. The molecule has 0 aliphatic carbocycles. The Kier molecular flexibility index (Phi) is 5.86. The molecule has 2 aromatic heterocycles. The number of H-pyrrole nitrogens is 1. The number of amides is 1. The summed E-state index contributed by atoms with van der Waals surface area (Å²) in [6.45, 7) is 4.58. The maximum atomic E-state index is 12.1. The summed E-state index contributed by atoms with van der Waals surface area (Å²) in [6, 6.07) is 1.64. The number of hydrogen-bond acceptors (Lipinski definition) is 6. The molecular weight excluding hydrogens is 314 g/mol. The number of carbonyl (C=O) groups is 1. The fraction of sp³-hybridized carbons (Fsp3) is 0.467. The quantitative estimate of drug-likeness (QED) is 0.661. The van der Waals surface area contributed by atoms with E-state index in [1.165, 1.54) is 11.3 Å². The summed E-state index contributed by atoms with van der Waals surface area (Å²) in [6.07, 6.45) is 2.19. The van der Waals surface area contributed by atoms with Gasteiger partial charge in [-0.05, 0) is 31.2 Å². The monoisotopic (exact) mass is 335 g/mol. The predicted molar refractivity (Wildman–Crippen MR) is 90.6 cm³/mol. The Morgan fingerprint density at radius 3 is 2.87 bits per heavy atom. The first-order valence-corrected chi connectivity index (χ1v) is 8.40. The number of aryl methyl sites for hydroxylation is 1. The second kappa shape index (κ2) is 7.87. The van der Waals surface area contributed by atoms with E-state index in [4.69, 9.17) is 5.73 Å². The Balaban J connectivity index is 1.87. The minimum Gasteiger partial charge on any atom is -0.375 e. The van der Waals surface area contributed by atoms with Gasteiger partial charge in [0.15, 0.2) is 5.13 Å². The zero-order chi connectivity index (χ0) is 16.8. The molecule has 4 N–H and O–H groups in total. The summed E-state index contributed by atoms with van der Waals surface area (Å²) in [5, 5.41) is 5.23. The lowest BCUT2D eigenvalue weighted by Crippen LogP contribution is -2.29. The van der Waals surface area contributed by atoms with Crippen molar-refractivity contribution in [2.75, 3.05) is 12.3 Å². The minimum atomic E-state index is -0.494. The Labute approximate surface area is 138 Å². The number of rotatable bonds is 7. The summed E-state index contributed by atoms with van der Waals surface area (Å²) < 4.78 is 0. The first kappa shape index (κ1) is 17.1. The molecular formula is C15H21N5O2S. The summed E-state index contributed by atoms with van der Waals surface area (Å²) in [4.78, 5) is 34.2. The molecule has 0 radical (unpaired) electrons. The lowest BCUT2D eigenvalue weighted by atomic mass is 10.1. The molecule has 0 saturated carbocycles. The van der Waals surface area contributed by atoms with E-state index < -0.39 is 5.69 Å². The Morgan fingerprint density at radius 1 is 1.43 bits per heavy atom. The average Bonchev–Trinajstić information content (AvgIpc) is 2.87. The van der Waals surface area contributed by atoms with Gasteiger partial charge in [0.2, 0.25) is 0 Å². The number of nitrogens with zero attached hydrogens (tertiary/aromatic N) is 2. The first-order chi connectivity index (χ1) is 10.9. The highest BCUT2D eigenvalue weighted by atomic mass is 32.1. The molecule has 7 nitrogen and oxygen atoms in total. The van der Waals surface area contributed by atoms with Crippen molar-refractivity contribution in [2.45, 2.75) is 33.1 Å². The van der Waals surface area contributed by atoms with Crippen molar-refractivity contribution in [3.05, 3.63) is 39.0 Å². The van der Waals surface area contributed by atoms with Crippen LogP contribution < -0.4 is 16.7 Å². The third-order valence-corrected chi connectivity index (χ3v) is 3.85. The normalized spacial score (nSPS) is 10.9. The fourth-order valence-corrected chi connectivity index (χ4v) is 2.77. The minimum absolute atomic E-state index is 0.155. The molecule has 0 bridgehead atoms. The smallest absolute Gasteiger partial charge is 0.345 e. The van der Waals surface area contributed by atoms with E-state index in [2.05, 4.69) is 20.3 Å². The number of aromatic amines is 1. The predicted octanol–water partition coefficient (Wildman–Crippen LogP) is 1.37. The second-order valence-electron chi connectivity index (χ2n) is 5.73. The van der Waals surface area contributed by atoms with Gasteiger partial charge in [0, 0.05) is 17.6 Å². The molecule has 8 heteroatoms. The number of aromatic nitrogens is 3. The summed E-state index contributed by atoms with van der Waals surface area (Å²) in [5.74, 6) is 0.0495. The van der Waals surface area contributed by atoms with E-state index >= 15 is 0 Å². The van der Waals surface area contributed by atoms with E-state index in [0.29, 0.717) is 24.0 Å². The van der Waals surface area contributed by atoms with Gasteiger partial charge in [-0.25, -0.2) is 9.78 Å². The van der Waals surface area contributed by atoms with Crippen molar-refractivity contribution >= 4 is 22.4 Å². The van der Waals surface area contributed by atoms with Gasteiger partial charge in [-0.3, -0.25) is 4.79 Å². The van der Waals surface area contributed by atoms with E-state index in [-0.39, 0.29) is 11.6 Å². The van der Waals surface area contributed by atoms with Crippen molar-refractivity contribution in [1.29, 1.82) is 0 Å². The van der Waals surface area contributed by atoms with Crippen LogP contribution in [0.3, 0.4) is 0 Å². The largest absolute Gasteiger partial charge is 0.375 e. The zero-order valence-electron chi connectivity index (χ0n) is 13.3. The molecule has 0 unspecified atom stereocenters. The molecule has 0 fully saturated rings. The Bertz CT molecular complexity index is 723. The van der Waals surface area contributed by atoms with Crippen LogP contribution in [0.4, 0.5) is 5.13 Å². The van der Waals surface area contributed by atoms with Gasteiger partial charge < -0.3 is 16.0 Å². The number of nitrogen functional groups attached to an aromatic ring is 1. The summed E-state index contributed by atoms with van der Waals surface area (Å²) in [5.41, 5.74) is 6.88. The zero-order valence-corrected chi connectivity index (χ0v) is 14.1. The highest BCUT2D eigenvalue weighted by Gasteiger charge is 2.10. The third kappa shape index (κ3) is 5.48. The van der Waals surface area contributed by atoms with E-state index in [0.717, 1.165) is 24.2 Å². The first-order valence-electron chi connectivity index (χ1n) is 7.52. The standard InChI is InChI=1S/C15H21N5O2S/c1-9(2)6-11-7-12(20-15(22)19-11)13(21)17-5-3-4-10-8-23-14(16)18-10/h7-9H,3-6H2,1-2H3,(H2,16,18)(H,17,21)(H,19,20,22). The maximum Gasteiger partial charge on any atom is 0.345 e. The Morgan fingerprint density at radius 2 is 2.22 bits per heavy atom. The third-order valence-electron chi connectivity index (χ3n) is 3.13. The molecule has 0 saturated heterocycles. The van der Waals surface area contributed by atoms with Gasteiger partial charge in [0.05, 0.1) is 5.69 Å². The highest BCUT2D eigenvalue weighted by molar-refractivity contribution is 7.13. The van der Waals surface area contributed by atoms with Crippen LogP contribution in [0.2, 0.25) is 0 Å². The van der Waals surface area contributed by atoms with Crippen LogP contribution in [0.25, 0.3) is 0 Å². The molecule has 0 atom stereocenters. The van der Waals surface area contributed by atoms with Crippen LogP contribution in [0, 0.1) is 5.92 Å². The van der Waals surface area contributed by atoms with E-state index in [1.807, 2.05) is 19.2 Å². The number of anilines is 1. The molecule has 1 amide bonds. The van der Waals surface area contributed by atoms with Crippen molar-refractivity contribution in [3.8, 4) is 0 Å². The molecule has 0 aromatic carbocycles. The molecule has 0 aliphatic heterocycles. The molecule has 23 heavy (non-hydrogen) atoms. The van der Waals surface area contributed by atoms with E-state index in [9.17, 15) is 9.59 Å². The molecule has 2 aromatic rings. The number of thiazole rings is 1. The number of nitrogens with two attached hydrogens (primary N) is 1. The topological polar surface area (TPSA) is 114 Å². The van der Waals surface area contributed by atoms with Gasteiger partial charge in [0.1, 0.15) is 5.69 Å². The van der Waals surface area contributed by atoms with Crippen LogP contribution in [-0.4, -0.2) is 27.4 Å². The number of carbonyl (C=O) groups excluding carboxylic acids is 1. The van der Waals surface area contributed by atoms with Gasteiger partial charge >= 0.3 is 5.69 Å². The fourth-order valence-electron chi connectivity index (χ4n) is 2.17. The van der Waals surface area contributed by atoms with Crippen molar-refractivity contribution in [3.63, 3.8) is 0 Å². The maximum absolute atomic E-state index is 12.1. The van der Waals surface area contributed by atoms with Crippen molar-refractivity contribution in [2.24, 2.45) is 5.92 Å². The van der Waals surface area contributed by atoms with Crippen LogP contribution >= 0.6 is 11.3 Å². The Hall–Kier alpha value is -2.22. The lowest BCUT2D eigenvalue weighted by molar-refractivity contribution is 0.0947. The van der Waals surface area contributed by atoms with Crippen molar-refractivity contribution in [1.82, 2.24) is 20.3 Å². The van der Waals surface area contributed by atoms with Gasteiger partial charge in [0.25, 0.3) is 5.91 Å². The summed E-state index contributed by atoms with van der Waals surface area (Å²) >= 11 is 1.40. The van der Waals surface area contributed by atoms with Gasteiger partial charge in [-0.2, -0.15) is 4.98 Å².